The van der Waals surface area contributed by atoms with Gasteiger partial charge in [0.25, 0.3) is 0 Å². The minimum Gasteiger partial charge on any atom is -0.403 e. The zero-order chi connectivity index (χ0) is 16.8. The van der Waals surface area contributed by atoms with Crippen molar-refractivity contribution in [2.24, 2.45) is 0 Å². The molecule has 0 amide bonds. The molecule has 1 aliphatic rings. The van der Waals surface area contributed by atoms with Gasteiger partial charge in [0.1, 0.15) is 0 Å². The zero-order valence-corrected chi connectivity index (χ0v) is 16.1. The van der Waals surface area contributed by atoms with E-state index in [4.69, 9.17) is 9.31 Å². The van der Waals surface area contributed by atoms with Gasteiger partial charge in [0.15, 0.2) is 0 Å². The standard InChI is InChI=1S/C18H29BO2Si/c1-14(2)16(19-20-17(3,4)18(5,6)21-19)22(7,8)15-12-10-9-11-13-15/h9-13,16H,1H2,2-8H3. The van der Waals surface area contributed by atoms with Gasteiger partial charge in [-0.15, -0.1) is 6.58 Å². The van der Waals surface area contributed by atoms with Gasteiger partial charge in [-0.1, -0.05) is 54.2 Å². The average Bonchev–Trinajstić information content (AvgIpc) is 2.58. The van der Waals surface area contributed by atoms with Gasteiger partial charge in [-0.25, -0.2) is 0 Å². The summed E-state index contributed by atoms with van der Waals surface area (Å²) < 4.78 is 12.7. The molecule has 0 spiro atoms. The fourth-order valence-corrected chi connectivity index (χ4v) is 6.72. The molecule has 1 saturated heterocycles. The molecule has 1 aliphatic heterocycles. The molecule has 1 aromatic carbocycles. The predicted molar refractivity (Wildman–Crippen MR) is 98.2 cm³/mol. The highest BCUT2D eigenvalue weighted by Crippen LogP contribution is 2.44. The van der Waals surface area contributed by atoms with E-state index in [0.29, 0.717) is 0 Å². The average molecular weight is 316 g/mol. The van der Waals surface area contributed by atoms with Crippen LogP contribution in [-0.2, 0) is 9.31 Å². The van der Waals surface area contributed by atoms with Crippen molar-refractivity contribution in [2.75, 3.05) is 0 Å². The molecule has 0 aromatic heterocycles. The molecule has 0 bridgehead atoms. The summed E-state index contributed by atoms with van der Waals surface area (Å²) >= 11 is 0. The van der Waals surface area contributed by atoms with E-state index in [-0.39, 0.29) is 23.8 Å². The van der Waals surface area contributed by atoms with E-state index in [0.717, 1.165) is 5.57 Å². The lowest BCUT2D eigenvalue weighted by Crippen LogP contribution is -2.52. The Bertz CT molecular complexity index is 535. The monoisotopic (exact) mass is 316 g/mol. The number of hydrogen-bond donors (Lipinski definition) is 0. The minimum absolute atomic E-state index is 0.218. The Morgan fingerprint density at radius 2 is 1.50 bits per heavy atom. The molecule has 0 saturated carbocycles. The van der Waals surface area contributed by atoms with Crippen molar-refractivity contribution >= 4 is 20.4 Å². The van der Waals surface area contributed by atoms with Crippen molar-refractivity contribution < 1.29 is 9.31 Å². The Hall–Kier alpha value is -0.838. The van der Waals surface area contributed by atoms with E-state index in [9.17, 15) is 0 Å². The normalized spacial score (nSPS) is 21.7. The topological polar surface area (TPSA) is 18.5 Å². The molecule has 0 radical (unpaired) electrons. The number of benzene rings is 1. The van der Waals surface area contributed by atoms with E-state index in [2.05, 4.69) is 84.6 Å². The third-order valence-electron chi connectivity index (χ3n) is 5.37. The first-order valence-electron chi connectivity index (χ1n) is 8.05. The van der Waals surface area contributed by atoms with E-state index in [1.54, 1.807) is 0 Å². The summed E-state index contributed by atoms with van der Waals surface area (Å²) in [5.41, 5.74) is 0.786. The van der Waals surface area contributed by atoms with Crippen molar-refractivity contribution in [3.05, 3.63) is 42.5 Å². The fraction of sp³-hybridized carbons (Fsp3) is 0.556. The summed E-state index contributed by atoms with van der Waals surface area (Å²) in [6.45, 7) is 19.6. The summed E-state index contributed by atoms with van der Waals surface area (Å²) in [5, 5.41) is 1.41. The third kappa shape index (κ3) is 2.97. The quantitative estimate of drug-likeness (QED) is 0.613. The summed E-state index contributed by atoms with van der Waals surface area (Å²) in [5.74, 6) is 0. The van der Waals surface area contributed by atoms with Crippen molar-refractivity contribution in [3.63, 3.8) is 0 Å². The second kappa shape index (κ2) is 5.66. The molecule has 1 unspecified atom stereocenters. The van der Waals surface area contributed by atoms with Crippen LogP contribution in [0.15, 0.2) is 42.5 Å². The maximum absolute atomic E-state index is 6.35. The van der Waals surface area contributed by atoms with Crippen molar-refractivity contribution in [3.8, 4) is 0 Å². The molecule has 1 atom stereocenters. The van der Waals surface area contributed by atoms with Crippen molar-refractivity contribution in [1.82, 2.24) is 0 Å². The molecule has 4 heteroatoms. The molecular formula is C18H29BO2Si. The molecule has 0 N–H and O–H groups in total. The lowest BCUT2D eigenvalue weighted by molar-refractivity contribution is 0.00578. The van der Waals surface area contributed by atoms with Gasteiger partial charge >= 0.3 is 7.12 Å². The molecular weight excluding hydrogens is 287 g/mol. The smallest absolute Gasteiger partial charge is 0.403 e. The fourth-order valence-electron chi connectivity index (χ4n) is 3.26. The molecule has 1 aromatic rings. The lowest BCUT2D eigenvalue weighted by atomic mass is 9.80. The van der Waals surface area contributed by atoms with Crippen LogP contribution in [0.5, 0.6) is 0 Å². The number of allylic oxidation sites excluding steroid dienone is 1. The second-order valence-corrected chi connectivity index (χ2v) is 12.7. The van der Waals surface area contributed by atoms with Gasteiger partial charge in [-0.3, -0.25) is 0 Å². The van der Waals surface area contributed by atoms with Crippen molar-refractivity contribution in [2.45, 2.75) is 64.4 Å². The van der Waals surface area contributed by atoms with E-state index in [1.807, 2.05) is 0 Å². The molecule has 120 valence electrons. The Morgan fingerprint density at radius 3 is 1.91 bits per heavy atom. The molecule has 22 heavy (non-hydrogen) atoms. The van der Waals surface area contributed by atoms with Crippen LogP contribution in [0.2, 0.25) is 18.5 Å². The first-order chi connectivity index (χ1) is 9.99. The Balaban J connectivity index is 2.39. The molecule has 1 fully saturated rings. The number of rotatable bonds is 4. The first-order valence-corrected chi connectivity index (χ1v) is 11.1. The van der Waals surface area contributed by atoms with Gasteiger partial charge < -0.3 is 9.31 Å². The van der Waals surface area contributed by atoms with Crippen LogP contribution in [-0.4, -0.2) is 26.4 Å². The van der Waals surface area contributed by atoms with Crippen LogP contribution in [0.25, 0.3) is 0 Å². The second-order valence-electron chi connectivity index (χ2n) is 8.04. The first kappa shape index (κ1) is 17.5. The van der Waals surface area contributed by atoms with Gasteiger partial charge in [-0.2, -0.15) is 0 Å². The van der Waals surface area contributed by atoms with Crippen LogP contribution >= 0.6 is 0 Å². The van der Waals surface area contributed by atoms with Gasteiger partial charge in [0.2, 0.25) is 0 Å². The van der Waals surface area contributed by atoms with Crippen LogP contribution in [0.3, 0.4) is 0 Å². The van der Waals surface area contributed by atoms with Crippen LogP contribution in [0.1, 0.15) is 34.6 Å². The highest BCUT2D eigenvalue weighted by Gasteiger charge is 2.57. The minimum atomic E-state index is -1.81. The lowest BCUT2D eigenvalue weighted by Gasteiger charge is -2.35. The van der Waals surface area contributed by atoms with E-state index < -0.39 is 8.07 Å². The maximum Gasteiger partial charge on any atom is 0.462 e. The summed E-state index contributed by atoms with van der Waals surface area (Å²) in [6, 6.07) is 10.8. The Kier molecular flexibility index (Phi) is 4.51. The SMILES string of the molecule is C=C(C)C(B1OC(C)(C)C(C)(C)O1)[Si](C)(C)c1ccccc1. The molecule has 0 aliphatic carbocycles. The third-order valence-corrected chi connectivity index (χ3v) is 9.51. The molecule has 1 heterocycles. The molecule has 2 nitrogen and oxygen atoms in total. The van der Waals surface area contributed by atoms with E-state index >= 15 is 0 Å². The largest absolute Gasteiger partial charge is 0.462 e. The van der Waals surface area contributed by atoms with Crippen LogP contribution in [0.4, 0.5) is 0 Å². The van der Waals surface area contributed by atoms with Crippen LogP contribution < -0.4 is 5.19 Å². The molecule has 2 rings (SSSR count). The van der Waals surface area contributed by atoms with Gasteiger partial charge in [0, 0.05) is 5.44 Å². The zero-order valence-electron chi connectivity index (χ0n) is 15.1. The Labute approximate surface area is 137 Å². The van der Waals surface area contributed by atoms with Crippen molar-refractivity contribution in [1.29, 1.82) is 0 Å². The predicted octanol–water partition coefficient (Wildman–Crippen LogP) is 4.18. The highest BCUT2D eigenvalue weighted by molar-refractivity contribution is 6.98. The van der Waals surface area contributed by atoms with Crippen LogP contribution in [0, 0.1) is 0 Å². The maximum atomic E-state index is 6.35. The summed E-state index contributed by atoms with van der Waals surface area (Å²) in [6.07, 6.45) is 0. The highest BCUT2D eigenvalue weighted by atomic mass is 28.3. The number of hydrogen-bond acceptors (Lipinski definition) is 2. The summed E-state index contributed by atoms with van der Waals surface area (Å²) in [4.78, 5) is 0. The Morgan fingerprint density at radius 1 is 1.05 bits per heavy atom. The van der Waals surface area contributed by atoms with Gasteiger partial charge in [0.05, 0.1) is 19.3 Å². The summed E-state index contributed by atoms with van der Waals surface area (Å²) in [7, 11) is -2.03. The van der Waals surface area contributed by atoms with Gasteiger partial charge in [-0.05, 0) is 34.6 Å². The van der Waals surface area contributed by atoms with E-state index in [1.165, 1.54) is 5.19 Å².